The predicted octanol–water partition coefficient (Wildman–Crippen LogP) is 4.94. The first kappa shape index (κ1) is 17.0. The first-order chi connectivity index (χ1) is 11.9. The Labute approximate surface area is 143 Å². The summed E-state index contributed by atoms with van der Waals surface area (Å²) in [7, 11) is 0. The highest BCUT2D eigenvalue weighted by Gasteiger charge is 2.38. The Morgan fingerprint density at radius 3 is 2.24 bits per heavy atom. The van der Waals surface area contributed by atoms with Crippen LogP contribution in [0.1, 0.15) is 22.6 Å². The van der Waals surface area contributed by atoms with E-state index in [-0.39, 0.29) is 5.56 Å². The van der Waals surface area contributed by atoms with Crippen LogP contribution in [0.15, 0.2) is 67.3 Å². The second kappa shape index (κ2) is 6.93. The van der Waals surface area contributed by atoms with Crippen molar-refractivity contribution in [1.82, 2.24) is 14.8 Å². The zero-order valence-electron chi connectivity index (χ0n) is 13.5. The van der Waals surface area contributed by atoms with E-state index in [0.717, 1.165) is 11.3 Å². The average Bonchev–Trinajstić information content (AvgIpc) is 3.11. The van der Waals surface area contributed by atoms with E-state index in [1.165, 1.54) is 30.6 Å². The van der Waals surface area contributed by atoms with Gasteiger partial charge in [0.25, 0.3) is 0 Å². The van der Waals surface area contributed by atoms with Gasteiger partial charge in [-0.1, -0.05) is 54.1 Å². The lowest BCUT2D eigenvalue weighted by molar-refractivity contribution is -0.139. The number of hydrogen-bond acceptors (Lipinski definition) is 2. The maximum Gasteiger partial charge on any atom is 0.399 e. The first-order valence-electron chi connectivity index (χ1n) is 7.70. The summed E-state index contributed by atoms with van der Waals surface area (Å²) in [6.45, 7) is 1.85. The summed E-state index contributed by atoms with van der Waals surface area (Å²) in [6, 6.07) is 13.5. The van der Waals surface area contributed by atoms with Crippen LogP contribution in [-0.2, 0) is 0 Å². The molecule has 0 spiro atoms. The molecule has 1 aromatic heterocycles. The second-order valence-electron chi connectivity index (χ2n) is 5.72. The van der Waals surface area contributed by atoms with Crippen molar-refractivity contribution < 1.29 is 13.2 Å². The third-order valence-corrected chi connectivity index (χ3v) is 3.85. The highest BCUT2D eigenvalue weighted by molar-refractivity contribution is 5.53. The van der Waals surface area contributed by atoms with Crippen molar-refractivity contribution in [1.29, 1.82) is 0 Å². The van der Waals surface area contributed by atoms with Gasteiger partial charge in [0.15, 0.2) is 0 Å². The van der Waals surface area contributed by atoms with Crippen molar-refractivity contribution >= 4 is 6.08 Å². The van der Waals surface area contributed by atoms with Crippen LogP contribution >= 0.6 is 0 Å². The Bertz CT molecular complexity index is 833. The van der Waals surface area contributed by atoms with Crippen molar-refractivity contribution in [2.75, 3.05) is 0 Å². The monoisotopic (exact) mass is 343 g/mol. The number of allylic oxidation sites excluding steroid dienone is 1. The molecule has 0 fully saturated rings. The molecular formula is C19H16F3N3. The number of hydrogen-bond donors (Lipinski definition) is 0. The highest BCUT2D eigenvalue weighted by atomic mass is 19.4. The van der Waals surface area contributed by atoms with Crippen molar-refractivity contribution in [3.63, 3.8) is 0 Å². The Hall–Kier alpha value is -2.89. The fraction of sp³-hybridized carbons (Fsp3) is 0.158. The van der Waals surface area contributed by atoms with E-state index in [1.54, 1.807) is 47.4 Å². The third-order valence-electron chi connectivity index (χ3n) is 3.85. The second-order valence-corrected chi connectivity index (χ2v) is 5.72. The van der Waals surface area contributed by atoms with E-state index >= 15 is 0 Å². The molecule has 0 aliphatic heterocycles. The molecule has 128 valence electrons. The summed E-state index contributed by atoms with van der Waals surface area (Å²) in [4.78, 5) is 3.86. The van der Waals surface area contributed by atoms with Gasteiger partial charge >= 0.3 is 6.18 Å². The van der Waals surface area contributed by atoms with E-state index in [9.17, 15) is 13.2 Å². The van der Waals surface area contributed by atoms with Crippen LogP contribution in [0.3, 0.4) is 0 Å². The molecular weight excluding hydrogens is 327 g/mol. The summed E-state index contributed by atoms with van der Waals surface area (Å²) in [5.74, 6) is -1.64. The smallest absolute Gasteiger partial charge is 0.223 e. The van der Waals surface area contributed by atoms with Crippen molar-refractivity contribution in [2.24, 2.45) is 0 Å². The zero-order chi connectivity index (χ0) is 17.9. The molecule has 0 N–H and O–H groups in total. The molecule has 0 radical (unpaired) electrons. The Morgan fingerprint density at radius 2 is 1.68 bits per heavy atom. The molecule has 0 saturated heterocycles. The summed E-state index contributed by atoms with van der Waals surface area (Å²) < 4.78 is 41.7. The maximum absolute atomic E-state index is 13.4. The minimum Gasteiger partial charge on any atom is -0.223 e. The maximum atomic E-state index is 13.4. The average molecular weight is 343 g/mol. The predicted molar refractivity (Wildman–Crippen MR) is 90.4 cm³/mol. The fourth-order valence-electron chi connectivity index (χ4n) is 2.47. The first-order valence-corrected chi connectivity index (χ1v) is 7.70. The highest BCUT2D eigenvalue weighted by Crippen LogP contribution is 2.36. The molecule has 2 aromatic carbocycles. The van der Waals surface area contributed by atoms with Gasteiger partial charge in [0.2, 0.25) is 0 Å². The standard InChI is InChI=1S/C19H16F3N3/c1-14-2-7-16(8-3-14)18(19(20,21)22)11-6-15-4-9-17(10-5-15)25-13-23-12-24-25/h2-13,18H,1H3/b11-6+. The topological polar surface area (TPSA) is 30.7 Å². The van der Waals surface area contributed by atoms with Gasteiger partial charge < -0.3 is 0 Å². The summed E-state index contributed by atoms with van der Waals surface area (Å²) >= 11 is 0. The summed E-state index contributed by atoms with van der Waals surface area (Å²) in [5.41, 5.74) is 2.64. The van der Waals surface area contributed by atoms with Crippen molar-refractivity contribution in [2.45, 2.75) is 19.0 Å². The molecule has 3 aromatic rings. The minimum atomic E-state index is -4.34. The molecule has 0 aliphatic carbocycles. The zero-order valence-corrected chi connectivity index (χ0v) is 13.5. The van der Waals surface area contributed by atoms with E-state index < -0.39 is 12.1 Å². The summed E-state index contributed by atoms with van der Waals surface area (Å²) in [5, 5.41) is 4.01. The van der Waals surface area contributed by atoms with Crippen LogP contribution < -0.4 is 0 Å². The van der Waals surface area contributed by atoms with Crippen LogP contribution in [0, 0.1) is 6.92 Å². The van der Waals surface area contributed by atoms with Gasteiger partial charge in [-0.25, -0.2) is 9.67 Å². The number of halogens is 3. The van der Waals surface area contributed by atoms with Gasteiger partial charge in [-0.2, -0.15) is 18.3 Å². The molecule has 0 aliphatic rings. The SMILES string of the molecule is Cc1ccc(C(/C=C/c2ccc(-n3cncn3)cc2)C(F)(F)F)cc1. The fourth-order valence-corrected chi connectivity index (χ4v) is 2.47. The molecule has 3 rings (SSSR count). The van der Waals surface area contributed by atoms with Gasteiger partial charge in [-0.05, 0) is 30.2 Å². The molecule has 0 saturated carbocycles. The van der Waals surface area contributed by atoms with E-state index in [0.29, 0.717) is 5.56 Å². The lowest BCUT2D eigenvalue weighted by Gasteiger charge is -2.17. The van der Waals surface area contributed by atoms with Gasteiger partial charge in [0, 0.05) is 0 Å². The van der Waals surface area contributed by atoms with Gasteiger partial charge in [-0.15, -0.1) is 0 Å². The van der Waals surface area contributed by atoms with Crippen molar-refractivity contribution in [3.8, 4) is 5.69 Å². The Morgan fingerprint density at radius 1 is 1.00 bits per heavy atom. The molecule has 25 heavy (non-hydrogen) atoms. The Balaban J connectivity index is 1.83. The lowest BCUT2D eigenvalue weighted by Crippen LogP contribution is -2.18. The number of nitrogens with zero attached hydrogens (tertiary/aromatic N) is 3. The Kier molecular flexibility index (Phi) is 4.70. The molecule has 0 amide bonds. The summed E-state index contributed by atoms with van der Waals surface area (Å²) in [6.07, 6.45) is 1.32. The molecule has 1 unspecified atom stereocenters. The van der Waals surface area contributed by atoms with Crippen LogP contribution in [0.4, 0.5) is 13.2 Å². The van der Waals surface area contributed by atoms with E-state index in [2.05, 4.69) is 10.1 Å². The van der Waals surface area contributed by atoms with Gasteiger partial charge in [-0.3, -0.25) is 0 Å². The molecule has 0 bridgehead atoms. The minimum absolute atomic E-state index is 0.230. The number of aromatic nitrogens is 3. The van der Waals surface area contributed by atoms with E-state index in [1.807, 2.05) is 6.92 Å². The number of alkyl halides is 3. The van der Waals surface area contributed by atoms with Crippen LogP contribution in [0.25, 0.3) is 11.8 Å². The largest absolute Gasteiger partial charge is 0.399 e. The number of benzene rings is 2. The van der Waals surface area contributed by atoms with Crippen molar-refractivity contribution in [3.05, 3.63) is 84.0 Å². The van der Waals surface area contributed by atoms with Crippen LogP contribution in [0.2, 0.25) is 0 Å². The molecule has 3 nitrogen and oxygen atoms in total. The normalized spacial score (nSPS) is 13.3. The number of aryl methyl sites for hydroxylation is 1. The molecule has 1 atom stereocenters. The number of rotatable bonds is 4. The van der Waals surface area contributed by atoms with E-state index in [4.69, 9.17) is 0 Å². The third kappa shape index (κ3) is 4.15. The van der Waals surface area contributed by atoms with Crippen LogP contribution in [0.5, 0.6) is 0 Å². The molecule has 6 heteroatoms. The molecule has 1 heterocycles. The lowest BCUT2D eigenvalue weighted by atomic mass is 9.96. The van der Waals surface area contributed by atoms with Gasteiger partial charge in [0.05, 0.1) is 11.6 Å². The quantitative estimate of drug-likeness (QED) is 0.672. The van der Waals surface area contributed by atoms with Crippen LogP contribution in [-0.4, -0.2) is 20.9 Å². The van der Waals surface area contributed by atoms with Gasteiger partial charge in [0.1, 0.15) is 12.7 Å².